The van der Waals surface area contributed by atoms with E-state index in [1.165, 1.54) is 25.8 Å². The van der Waals surface area contributed by atoms with Crippen molar-refractivity contribution in [1.29, 1.82) is 5.26 Å². The lowest BCUT2D eigenvalue weighted by Gasteiger charge is -2.17. The van der Waals surface area contributed by atoms with Gasteiger partial charge in [-0.3, -0.25) is 9.59 Å². The second-order valence-corrected chi connectivity index (χ2v) is 7.42. The Labute approximate surface area is 182 Å². The molecule has 0 spiro atoms. The van der Waals surface area contributed by atoms with E-state index in [4.69, 9.17) is 9.47 Å². The number of rotatable bonds is 8. The lowest BCUT2D eigenvalue weighted by molar-refractivity contribution is -0.112. The summed E-state index contributed by atoms with van der Waals surface area (Å²) in [6.45, 7) is 3.86. The molecule has 0 aliphatic heterocycles. The molecule has 1 fully saturated rings. The summed E-state index contributed by atoms with van der Waals surface area (Å²) in [5.74, 6) is 0.698. The smallest absolute Gasteiger partial charge is 0.266 e. The Morgan fingerprint density at radius 1 is 1.13 bits per heavy atom. The number of nitrogens with one attached hydrogen (secondary N) is 1. The maximum Gasteiger partial charge on any atom is 0.266 e. The number of nitrogens with zero attached hydrogens (tertiary/aromatic N) is 1. The van der Waals surface area contributed by atoms with E-state index in [0.29, 0.717) is 34.9 Å². The molecule has 1 N–H and O–H groups in total. The lowest BCUT2D eigenvalue weighted by Crippen LogP contribution is -2.13. The molecule has 2 aromatic carbocycles. The highest BCUT2D eigenvalue weighted by Gasteiger charge is 2.19. The Balaban J connectivity index is 1.76. The van der Waals surface area contributed by atoms with Gasteiger partial charge in [0.15, 0.2) is 17.3 Å². The molecule has 0 bridgehead atoms. The van der Waals surface area contributed by atoms with Crippen LogP contribution in [0.15, 0.2) is 48.0 Å². The molecule has 0 aromatic heterocycles. The molecule has 0 radical (unpaired) electrons. The number of ketones is 1. The van der Waals surface area contributed by atoms with E-state index in [-0.39, 0.29) is 17.5 Å². The van der Waals surface area contributed by atoms with Gasteiger partial charge >= 0.3 is 0 Å². The minimum absolute atomic E-state index is 0.0393. The first kappa shape index (κ1) is 22.1. The SMILES string of the molecule is CCOc1cc(C=C(C#N)C(=O)Nc2ccc(C(C)=O)cc2)ccc1OC1CCCC1. The first-order valence-electron chi connectivity index (χ1n) is 10.5. The monoisotopic (exact) mass is 418 g/mol. The third kappa shape index (κ3) is 5.95. The van der Waals surface area contributed by atoms with Gasteiger partial charge in [0.1, 0.15) is 11.6 Å². The summed E-state index contributed by atoms with van der Waals surface area (Å²) in [7, 11) is 0. The molecule has 0 unspecified atom stereocenters. The number of hydrogen-bond acceptors (Lipinski definition) is 5. The number of anilines is 1. The summed E-state index contributed by atoms with van der Waals surface area (Å²) < 4.78 is 11.8. The zero-order chi connectivity index (χ0) is 22.2. The van der Waals surface area contributed by atoms with Gasteiger partial charge in [0.25, 0.3) is 5.91 Å². The molecule has 160 valence electrons. The average molecular weight is 418 g/mol. The summed E-state index contributed by atoms with van der Waals surface area (Å²) in [4.78, 5) is 23.9. The van der Waals surface area contributed by atoms with Crippen LogP contribution in [-0.4, -0.2) is 24.4 Å². The van der Waals surface area contributed by atoms with Crippen LogP contribution >= 0.6 is 0 Å². The van der Waals surface area contributed by atoms with Crippen molar-refractivity contribution in [3.8, 4) is 17.6 Å². The van der Waals surface area contributed by atoms with E-state index >= 15 is 0 Å². The Hall–Kier alpha value is -3.59. The Morgan fingerprint density at radius 2 is 1.84 bits per heavy atom. The summed E-state index contributed by atoms with van der Waals surface area (Å²) in [5.41, 5.74) is 1.69. The minimum atomic E-state index is -0.526. The van der Waals surface area contributed by atoms with Crippen molar-refractivity contribution in [2.75, 3.05) is 11.9 Å². The minimum Gasteiger partial charge on any atom is -0.490 e. The van der Waals surface area contributed by atoms with Crippen LogP contribution in [-0.2, 0) is 4.79 Å². The number of ether oxygens (including phenoxy) is 2. The largest absolute Gasteiger partial charge is 0.490 e. The van der Waals surface area contributed by atoms with Crippen LogP contribution in [0.2, 0.25) is 0 Å². The second-order valence-electron chi connectivity index (χ2n) is 7.42. The molecule has 1 saturated carbocycles. The molecule has 31 heavy (non-hydrogen) atoms. The zero-order valence-corrected chi connectivity index (χ0v) is 17.8. The molecule has 1 amide bonds. The van der Waals surface area contributed by atoms with E-state index in [2.05, 4.69) is 5.32 Å². The fourth-order valence-corrected chi connectivity index (χ4v) is 3.47. The van der Waals surface area contributed by atoms with Gasteiger partial charge in [-0.05, 0) is 87.6 Å². The van der Waals surface area contributed by atoms with Gasteiger partial charge < -0.3 is 14.8 Å². The Kier molecular flexibility index (Phi) is 7.45. The number of amides is 1. The van der Waals surface area contributed by atoms with Crippen molar-refractivity contribution >= 4 is 23.5 Å². The van der Waals surface area contributed by atoms with Gasteiger partial charge in [-0.1, -0.05) is 6.07 Å². The van der Waals surface area contributed by atoms with Gasteiger partial charge in [0.05, 0.1) is 12.7 Å². The molecule has 6 heteroatoms. The average Bonchev–Trinajstić information content (AvgIpc) is 3.27. The van der Waals surface area contributed by atoms with Gasteiger partial charge in [0, 0.05) is 11.3 Å². The molecule has 0 heterocycles. The Bertz CT molecular complexity index is 1010. The van der Waals surface area contributed by atoms with Crippen molar-refractivity contribution in [2.45, 2.75) is 45.6 Å². The maximum absolute atomic E-state index is 12.5. The highest BCUT2D eigenvalue weighted by atomic mass is 16.5. The van der Waals surface area contributed by atoms with Crippen LogP contribution in [0, 0.1) is 11.3 Å². The van der Waals surface area contributed by atoms with Gasteiger partial charge in [-0.15, -0.1) is 0 Å². The van der Waals surface area contributed by atoms with Gasteiger partial charge in [-0.25, -0.2) is 0 Å². The van der Waals surface area contributed by atoms with Crippen LogP contribution in [0.1, 0.15) is 55.5 Å². The van der Waals surface area contributed by atoms with Crippen LogP contribution < -0.4 is 14.8 Å². The quantitative estimate of drug-likeness (QED) is 0.364. The van der Waals surface area contributed by atoms with Crippen molar-refractivity contribution < 1.29 is 19.1 Å². The number of carbonyl (C=O) groups excluding carboxylic acids is 2. The van der Waals surface area contributed by atoms with Crippen molar-refractivity contribution in [3.63, 3.8) is 0 Å². The van der Waals surface area contributed by atoms with Crippen molar-refractivity contribution in [3.05, 3.63) is 59.2 Å². The van der Waals surface area contributed by atoms with Crippen LogP contribution in [0.5, 0.6) is 11.5 Å². The molecule has 0 saturated heterocycles. The van der Waals surface area contributed by atoms with E-state index in [1.807, 2.05) is 19.1 Å². The van der Waals surface area contributed by atoms with Gasteiger partial charge in [-0.2, -0.15) is 5.26 Å². The summed E-state index contributed by atoms with van der Waals surface area (Å²) in [6.07, 6.45) is 6.15. The third-order valence-corrected chi connectivity index (χ3v) is 5.09. The molecular weight excluding hydrogens is 392 g/mol. The number of hydrogen-bond donors (Lipinski definition) is 1. The predicted molar refractivity (Wildman–Crippen MR) is 119 cm³/mol. The molecular formula is C25H26N2O4. The third-order valence-electron chi connectivity index (χ3n) is 5.09. The molecule has 3 rings (SSSR count). The van der Waals surface area contributed by atoms with E-state index < -0.39 is 5.91 Å². The highest BCUT2D eigenvalue weighted by Crippen LogP contribution is 2.33. The van der Waals surface area contributed by atoms with Gasteiger partial charge in [0.2, 0.25) is 0 Å². The first-order chi connectivity index (χ1) is 15.0. The van der Waals surface area contributed by atoms with Crippen LogP contribution in [0.4, 0.5) is 5.69 Å². The number of Topliss-reactive ketones (excluding diaryl/α,β-unsaturated/α-hetero) is 1. The summed E-state index contributed by atoms with van der Waals surface area (Å²) >= 11 is 0. The summed E-state index contributed by atoms with van der Waals surface area (Å²) in [6, 6.07) is 13.9. The van der Waals surface area contributed by atoms with E-state index in [0.717, 1.165) is 12.8 Å². The fourth-order valence-electron chi connectivity index (χ4n) is 3.47. The lowest BCUT2D eigenvalue weighted by atomic mass is 10.1. The number of nitriles is 1. The topological polar surface area (TPSA) is 88.4 Å². The first-order valence-corrected chi connectivity index (χ1v) is 10.5. The predicted octanol–water partition coefficient (Wildman–Crippen LogP) is 5.15. The standard InChI is InChI=1S/C25H26N2O4/c1-3-30-24-15-18(8-13-23(24)31-22-6-4-5-7-22)14-20(16-26)25(29)27-21-11-9-19(10-12-21)17(2)28/h8-15,22H,3-7H2,1-2H3,(H,27,29). The maximum atomic E-state index is 12.5. The zero-order valence-electron chi connectivity index (χ0n) is 17.8. The molecule has 1 aliphatic rings. The van der Waals surface area contributed by atoms with Crippen LogP contribution in [0.25, 0.3) is 6.08 Å². The van der Waals surface area contributed by atoms with Crippen LogP contribution in [0.3, 0.4) is 0 Å². The summed E-state index contributed by atoms with van der Waals surface area (Å²) in [5, 5.41) is 12.2. The second kappa shape index (κ2) is 10.4. The molecule has 1 aliphatic carbocycles. The number of benzene rings is 2. The van der Waals surface area contributed by atoms with E-state index in [1.54, 1.807) is 36.4 Å². The van der Waals surface area contributed by atoms with Crippen molar-refractivity contribution in [1.82, 2.24) is 0 Å². The molecule has 2 aromatic rings. The Morgan fingerprint density at radius 3 is 2.45 bits per heavy atom. The highest BCUT2D eigenvalue weighted by molar-refractivity contribution is 6.09. The molecule has 6 nitrogen and oxygen atoms in total. The normalized spacial score (nSPS) is 14.0. The van der Waals surface area contributed by atoms with E-state index in [9.17, 15) is 14.9 Å². The molecule has 0 atom stereocenters. The fraction of sp³-hybridized carbons (Fsp3) is 0.320. The number of carbonyl (C=O) groups is 2. The van der Waals surface area contributed by atoms with Crippen molar-refractivity contribution in [2.24, 2.45) is 0 Å².